The maximum atomic E-state index is 6.02. The number of aryl methyl sites for hydroxylation is 2. The number of ether oxygens (including phenoxy) is 1. The molecule has 2 nitrogen and oxygen atoms in total. The van der Waals surface area contributed by atoms with Crippen molar-refractivity contribution in [1.82, 2.24) is 4.57 Å². The largest absolute Gasteiger partial charge is 0.372 e. The molecule has 1 aromatic heterocycles. The summed E-state index contributed by atoms with van der Waals surface area (Å²) in [7, 11) is 0. The van der Waals surface area contributed by atoms with E-state index >= 15 is 0 Å². The molecule has 0 saturated carbocycles. The van der Waals surface area contributed by atoms with Gasteiger partial charge in [0.2, 0.25) is 0 Å². The molecule has 1 aliphatic heterocycles. The van der Waals surface area contributed by atoms with Gasteiger partial charge in [-0.05, 0) is 37.0 Å². The molecule has 0 bridgehead atoms. The van der Waals surface area contributed by atoms with Crippen molar-refractivity contribution < 1.29 is 4.74 Å². The average molecular weight is 310 g/mol. The summed E-state index contributed by atoms with van der Waals surface area (Å²) in [5.74, 6) is 0. The SMILES string of the molecule is Clc1ccc(CCCCn2cc3c(c2)COC3)cc1Cl. The highest BCUT2D eigenvalue weighted by Gasteiger charge is 2.13. The number of halogens is 2. The van der Waals surface area contributed by atoms with E-state index in [1.54, 1.807) is 0 Å². The van der Waals surface area contributed by atoms with Crippen molar-refractivity contribution in [3.05, 3.63) is 57.3 Å². The third kappa shape index (κ3) is 3.20. The van der Waals surface area contributed by atoms with Gasteiger partial charge in [-0.2, -0.15) is 0 Å². The van der Waals surface area contributed by atoms with E-state index in [-0.39, 0.29) is 0 Å². The Hall–Kier alpha value is -0.960. The van der Waals surface area contributed by atoms with Crippen LogP contribution in [-0.4, -0.2) is 4.57 Å². The molecule has 4 heteroatoms. The van der Waals surface area contributed by atoms with Crippen LogP contribution in [0.4, 0.5) is 0 Å². The van der Waals surface area contributed by atoms with Gasteiger partial charge in [-0.3, -0.25) is 0 Å². The minimum absolute atomic E-state index is 0.625. The number of hydrogen-bond acceptors (Lipinski definition) is 1. The maximum Gasteiger partial charge on any atom is 0.0739 e. The minimum atomic E-state index is 0.625. The zero-order valence-corrected chi connectivity index (χ0v) is 12.8. The van der Waals surface area contributed by atoms with Crippen molar-refractivity contribution in [1.29, 1.82) is 0 Å². The van der Waals surface area contributed by atoms with Crippen LogP contribution >= 0.6 is 23.2 Å². The van der Waals surface area contributed by atoms with Crippen molar-refractivity contribution in [2.75, 3.05) is 0 Å². The van der Waals surface area contributed by atoms with Crippen molar-refractivity contribution >= 4 is 23.2 Å². The number of fused-ring (bicyclic) bond motifs is 1. The lowest BCUT2D eigenvalue weighted by Crippen LogP contribution is -1.97. The Morgan fingerprint density at radius 3 is 2.45 bits per heavy atom. The topological polar surface area (TPSA) is 14.2 Å². The highest BCUT2D eigenvalue weighted by Crippen LogP contribution is 2.24. The van der Waals surface area contributed by atoms with Gasteiger partial charge < -0.3 is 9.30 Å². The summed E-state index contributed by atoms with van der Waals surface area (Å²) in [5.41, 5.74) is 3.94. The zero-order chi connectivity index (χ0) is 13.9. The van der Waals surface area contributed by atoms with Crippen LogP contribution in [0.1, 0.15) is 29.5 Å². The number of nitrogens with zero attached hydrogens (tertiary/aromatic N) is 1. The summed E-state index contributed by atoms with van der Waals surface area (Å²) in [6.07, 6.45) is 7.77. The highest BCUT2D eigenvalue weighted by molar-refractivity contribution is 6.42. The molecule has 0 atom stereocenters. The van der Waals surface area contributed by atoms with Crippen molar-refractivity contribution in [3.8, 4) is 0 Å². The molecular weight excluding hydrogens is 293 g/mol. The summed E-state index contributed by atoms with van der Waals surface area (Å²) < 4.78 is 7.66. The fourth-order valence-corrected chi connectivity index (χ4v) is 2.90. The quantitative estimate of drug-likeness (QED) is 0.720. The smallest absolute Gasteiger partial charge is 0.0739 e. The van der Waals surface area contributed by atoms with Gasteiger partial charge in [-0.25, -0.2) is 0 Å². The molecule has 2 aromatic rings. The lowest BCUT2D eigenvalue weighted by atomic mass is 10.1. The van der Waals surface area contributed by atoms with E-state index in [0.717, 1.165) is 39.0 Å². The van der Waals surface area contributed by atoms with Crippen molar-refractivity contribution in [3.63, 3.8) is 0 Å². The second-order valence-electron chi connectivity index (χ2n) is 5.24. The number of aromatic nitrogens is 1. The molecule has 20 heavy (non-hydrogen) atoms. The first-order valence-electron chi connectivity index (χ1n) is 6.91. The van der Waals surface area contributed by atoms with Crippen molar-refractivity contribution in [2.24, 2.45) is 0 Å². The maximum absolute atomic E-state index is 6.02. The molecule has 106 valence electrons. The van der Waals surface area contributed by atoms with Gasteiger partial charge in [0.25, 0.3) is 0 Å². The van der Waals surface area contributed by atoms with Gasteiger partial charge in [0.05, 0.1) is 23.3 Å². The van der Waals surface area contributed by atoms with Crippen molar-refractivity contribution in [2.45, 2.75) is 39.0 Å². The standard InChI is InChI=1S/C16H17Cl2NO/c17-15-5-4-12(7-16(15)18)3-1-2-6-19-8-13-10-20-11-14(13)9-19/h4-5,7-9H,1-3,6,10-11H2. The van der Waals surface area contributed by atoms with Crippen LogP contribution in [0.15, 0.2) is 30.6 Å². The third-order valence-corrected chi connectivity index (χ3v) is 4.43. The van der Waals surface area contributed by atoms with Crippen LogP contribution in [0.3, 0.4) is 0 Å². The molecule has 2 heterocycles. The Kier molecular flexibility index (Phi) is 4.35. The molecule has 0 N–H and O–H groups in total. The van der Waals surface area contributed by atoms with E-state index in [1.807, 2.05) is 12.1 Å². The Bertz CT molecular complexity index is 585. The lowest BCUT2D eigenvalue weighted by molar-refractivity contribution is 0.133. The molecular formula is C16H17Cl2NO. The van der Waals surface area contributed by atoms with Crippen LogP contribution < -0.4 is 0 Å². The average Bonchev–Trinajstić information content (AvgIpc) is 2.99. The summed E-state index contributed by atoms with van der Waals surface area (Å²) in [4.78, 5) is 0. The van der Waals surface area contributed by atoms with Gasteiger partial charge in [-0.15, -0.1) is 0 Å². The number of rotatable bonds is 5. The second-order valence-corrected chi connectivity index (χ2v) is 6.06. The molecule has 1 aliphatic rings. The normalized spacial score (nSPS) is 13.7. The summed E-state index contributed by atoms with van der Waals surface area (Å²) >= 11 is 11.9. The molecule has 0 amide bonds. The second kappa shape index (κ2) is 6.21. The van der Waals surface area contributed by atoms with Gasteiger partial charge in [0.1, 0.15) is 0 Å². The Labute approximate surface area is 129 Å². The molecule has 0 spiro atoms. The number of hydrogen-bond donors (Lipinski definition) is 0. The summed E-state index contributed by atoms with van der Waals surface area (Å²) in [6, 6.07) is 5.89. The first-order valence-corrected chi connectivity index (χ1v) is 7.67. The molecule has 0 radical (unpaired) electrons. The van der Waals surface area contributed by atoms with E-state index < -0.39 is 0 Å². The molecule has 0 aliphatic carbocycles. The minimum Gasteiger partial charge on any atom is -0.372 e. The fraction of sp³-hybridized carbons (Fsp3) is 0.375. The van der Waals surface area contributed by atoms with E-state index in [0.29, 0.717) is 10.0 Å². The van der Waals surface area contributed by atoms with E-state index in [9.17, 15) is 0 Å². The van der Waals surface area contributed by atoms with Crippen LogP contribution in [0, 0.1) is 0 Å². The van der Waals surface area contributed by atoms with Gasteiger partial charge in [0, 0.05) is 30.1 Å². The molecule has 0 saturated heterocycles. The lowest BCUT2D eigenvalue weighted by Gasteiger charge is -2.05. The summed E-state index contributed by atoms with van der Waals surface area (Å²) in [6.45, 7) is 2.60. The molecule has 0 unspecified atom stereocenters. The Balaban J connectivity index is 1.46. The monoisotopic (exact) mass is 309 g/mol. The molecule has 1 aromatic carbocycles. The van der Waals surface area contributed by atoms with E-state index in [2.05, 4.69) is 23.0 Å². The number of benzene rings is 1. The first-order chi connectivity index (χ1) is 9.72. The third-order valence-electron chi connectivity index (χ3n) is 3.69. The predicted octanol–water partition coefficient (Wildman–Crippen LogP) is 4.85. The summed E-state index contributed by atoms with van der Waals surface area (Å²) in [5, 5.41) is 1.27. The van der Waals surface area contributed by atoms with Crippen LogP contribution in [0.25, 0.3) is 0 Å². The number of unbranched alkanes of at least 4 members (excludes halogenated alkanes) is 1. The zero-order valence-electron chi connectivity index (χ0n) is 11.2. The van der Waals surface area contributed by atoms with E-state index in [4.69, 9.17) is 27.9 Å². The van der Waals surface area contributed by atoms with E-state index in [1.165, 1.54) is 16.7 Å². The van der Waals surface area contributed by atoms with Crippen LogP contribution in [0.2, 0.25) is 10.0 Å². The highest BCUT2D eigenvalue weighted by atomic mass is 35.5. The van der Waals surface area contributed by atoms with Crippen LogP contribution in [0.5, 0.6) is 0 Å². The molecule has 3 rings (SSSR count). The van der Waals surface area contributed by atoms with Gasteiger partial charge in [0.15, 0.2) is 0 Å². The van der Waals surface area contributed by atoms with Gasteiger partial charge in [-0.1, -0.05) is 29.3 Å². The fourth-order valence-electron chi connectivity index (χ4n) is 2.58. The predicted molar refractivity (Wildman–Crippen MR) is 82.3 cm³/mol. The van der Waals surface area contributed by atoms with Gasteiger partial charge >= 0.3 is 0 Å². The Morgan fingerprint density at radius 1 is 1.00 bits per heavy atom. The van der Waals surface area contributed by atoms with Crippen LogP contribution in [-0.2, 0) is 30.9 Å². The Morgan fingerprint density at radius 2 is 1.75 bits per heavy atom. The first kappa shape index (κ1) is 14.0. The molecule has 0 fully saturated rings.